The molecule has 0 bridgehead atoms. The molecule has 18 heavy (non-hydrogen) atoms. The average Bonchev–Trinajstić information content (AvgIpc) is 2.75. The zero-order chi connectivity index (χ0) is 12.7. The predicted molar refractivity (Wildman–Crippen MR) is 79.5 cm³/mol. The van der Waals surface area contributed by atoms with Crippen LogP contribution in [-0.4, -0.2) is 4.98 Å². The maximum Gasteiger partial charge on any atom is 0.126 e. The average molecular weight is 295 g/mol. The van der Waals surface area contributed by atoms with Crippen LogP contribution in [0.3, 0.4) is 0 Å². The first kappa shape index (κ1) is 11.8. The van der Waals surface area contributed by atoms with E-state index in [9.17, 15) is 0 Å². The molecule has 0 aliphatic rings. The molecule has 0 radical (unpaired) electrons. The van der Waals surface area contributed by atoms with E-state index in [4.69, 9.17) is 28.9 Å². The number of aromatic nitrogens is 1. The molecule has 3 aromatic rings. The minimum atomic E-state index is 0.534. The van der Waals surface area contributed by atoms with E-state index in [2.05, 4.69) is 4.98 Å². The molecule has 0 aliphatic heterocycles. The molecule has 0 aliphatic carbocycles. The van der Waals surface area contributed by atoms with Crippen molar-refractivity contribution in [2.75, 3.05) is 5.73 Å². The molecule has 90 valence electrons. The van der Waals surface area contributed by atoms with Gasteiger partial charge in [0.25, 0.3) is 0 Å². The maximum atomic E-state index is 6.20. The van der Waals surface area contributed by atoms with E-state index in [-0.39, 0.29) is 0 Å². The minimum Gasteiger partial charge on any atom is -0.399 e. The number of nitrogens with two attached hydrogens (primary N) is 1. The van der Waals surface area contributed by atoms with Crippen LogP contribution in [0.2, 0.25) is 10.0 Å². The summed E-state index contributed by atoms with van der Waals surface area (Å²) in [6, 6.07) is 11.2. The summed E-state index contributed by atoms with van der Waals surface area (Å²) >= 11 is 13.8. The molecule has 0 amide bonds. The fraction of sp³-hybridized carbons (Fsp3) is 0. The van der Waals surface area contributed by atoms with E-state index in [1.165, 1.54) is 0 Å². The molecule has 0 atom stereocenters. The Bertz CT molecular complexity index is 737. The van der Waals surface area contributed by atoms with Crippen LogP contribution in [0.5, 0.6) is 0 Å². The standard InChI is InChI=1S/C13H8Cl2N2S/c14-9-3-1-2-8(12(9)15)13-17-10-6-7(16)4-5-11(10)18-13/h1-6H,16H2. The summed E-state index contributed by atoms with van der Waals surface area (Å²) in [5.74, 6) is 0. The van der Waals surface area contributed by atoms with Gasteiger partial charge in [-0.05, 0) is 24.3 Å². The maximum absolute atomic E-state index is 6.20. The Balaban J connectivity index is 2.22. The highest BCUT2D eigenvalue weighted by molar-refractivity contribution is 7.21. The van der Waals surface area contributed by atoms with Crippen molar-refractivity contribution in [3.05, 3.63) is 46.4 Å². The number of fused-ring (bicyclic) bond motifs is 1. The molecule has 0 spiro atoms. The lowest BCUT2D eigenvalue weighted by molar-refractivity contribution is 1.48. The zero-order valence-electron chi connectivity index (χ0n) is 9.15. The number of anilines is 1. The fourth-order valence-electron chi connectivity index (χ4n) is 1.73. The third kappa shape index (κ3) is 1.94. The number of nitrogens with zero attached hydrogens (tertiary/aromatic N) is 1. The van der Waals surface area contributed by atoms with Crippen molar-refractivity contribution >= 4 is 50.4 Å². The molecule has 3 rings (SSSR count). The number of halogens is 2. The van der Waals surface area contributed by atoms with E-state index in [0.717, 1.165) is 20.8 Å². The van der Waals surface area contributed by atoms with Gasteiger partial charge >= 0.3 is 0 Å². The molecule has 5 heteroatoms. The monoisotopic (exact) mass is 294 g/mol. The highest BCUT2D eigenvalue weighted by Crippen LogP contribution is 2.37. The van der Waals surface area contributed by atoms with Gasteiger partial charge in [-0.3, -0.25) is 0 Å². The summed E-state index contributed by atoms with van der Waals surface area (Å²) in [6.07, 6.45) is 0. The van der Waals surface area contributed by atoms with Crippen LogP contribution >= 0.6 is 34.5 Å². The van der Waals surface area contributed by atoms with Gasteiger partial charge in [-0.15, -0.1) is 11.3 Å². The van der Waals surface area contributed by atoms with E-state index >= 15 is 0 Å². The molecule has 0 unspecified atom stereocenters. The second-order valence-electron chi connectivity index (χ2n) is 3.85. The highest BCUT2D eigenvalue weighted by atomic mass is 35.5. The lowest BCUT2D eigenvalue weighted by Crippen LogP contribution is -1.82. The molecule has 1 aromatic heterocycles. The highest BCUT2D eigenvalue weighted by Gasteiger charge is 2.11. The number of rotatable bonds is 1. The topological polar surface area (TPSA) is 38.9 Å². The van der Waals surface area contributed by atoms with Crippen LogP contribution < -0.4 is 5.73 Å². The summed E-state index contributed by atoms with van der Waals surface area (Å²) in [5.41, 5.74) is 8.18. The van der Waals surface area contributed by atoms with Crippen LogP contribution in [0.25, 0.3) is 20.8 Å². The van der Waals surface area contributed by atoms with Crippen molar-refractivity contribution in [2.45, 2.75) is 0 Å². The first-order valence-corrected chi connectivity index (χ1v) is 6.83. The Kier molecular flexibility index (Phi) is 2.90. The number of benzene rings is 2. The van der Waals surface area contributed by atoms with Crippen molar-refractivity contribution in [3.8, 4) is 10.6 Å². The van der Waals surface area contributed by atoms with Crippen molar-refractivity contribution < 1.29 is 0 Å². The second-order valence-corrected chi connectivity index (χ2v) is 5.66. The Hall–Kier alpha value is -1.29. The van der Waals surface area contributed by atoms with Crippen LogP contribution in [0.4, 0.5) is 5.69 Å². The lowest BCUT2D eigenvalue weighted by Gasteiger charge is -2.00. The van der Waals surface area contributed by atoms with Crippen molar-refractivity contribution in [1.82, 2.24) is 4.98 Å². The van der Waals surface area contributed by atoms with Crippen LogP contribution in [0, 0.1) is 0 Å². The Morgan fingerprint density at radius 3 is 2.78 bits per heavy atom. The smallest absolute Gasteiger partial charge is 0.126 e. The van der Waals surface area contributed by atoms with Gasteiger partial charge < -0.3 is 5.73 Å². The van der Waals surface area contributed by atoms with E-state index in [1.807, 2.05) is 30.3 Å². The molecule has 0 saturated heterocycles. The Labute approximate surface area is 118 Å². The number of nitrogen functional groups attached to an aromatic ring is 1. The van der Waals surface area contributed by atoms with Crippen molar-refractivity contribution in [1.29, 1.82) is 0 Å². The molecule has 2 N–H and O–H groups in total. The largest absolute Gasteiger partial charge is 0.399 e. The fourth-order valence-corrected chi connectivity index (χ4v) is 3.15. The number of thiazole rings is 1. The van der Waals surface area contributed by atoms with Crippen LogP contribution in [0.15, 0.2) is 36.4 Å². The third-order valence-electron chi connectivity index (χ3n) is 2.59. The van der Waals surface area contributed by atoms with Gasteiger partial charge in [0.2, 0.25) is 0 Å². The van der Waals surface area contributed by atoms with Gasteiger partial charge in [-0.1, -0.05) is 35.3 Å². The molecule has 0 fully saturated rings. The molecule has 2 aromatic carbocycles. The molecular formula is C13H8Cl2N2S. The third-order valence-corrected chi connectivity index (χ3v) is 4.48. The molecule has 0 saturated carbocycles. The molecule has 1 heterocycles. The van der Waals surface area contributed by atoms with Gasteiger partial charge in [0.1, 0.15) is 5.01 Å². The van der Waals surface area contributed by atoms with Gasteiger partial charge in [0.15, 0.2) is 0 Å². The summed E-state index contributed by atoms with van der Waals surface area (Å²) in [4.78, 5) is 4.54. The van der Waals surface area contributed by atoms with Gasteiger partial charge in [0.05, 0.1) is 20.3 Å². The Morgan fingerprint density at radius 2 is 1.94 bits per heavy atom. The summed E-state index contributed by atoms with van der Waals surface area (Å²) in [6.45, 7) is 0. The van der Waals surface area contributed by atoms with Crippen LogP contribution in [0.1, 0.15) is 0 Å². The summed E-state index contributed by atoms with van der Waals surface area (Å²) in [5, 5.41) is 1.92. The number of hydrogen-bond acceptors (Lipinski definition) is 3. The second kappa shape index (κ2) is 4.43. The quantitative estimate of drug-likeness (QED) is 0.652. The summed E-state index contributed by atoms with van der Waals surface area (Å²) in [7, 11) is 0. The van der Waals surface area contributed by atoms with Gasteiger partial charge in [-0.2, -0.15) is 0 Å². The van der Waals surface area contributed by atoms with Gasteiger partial charge in [-0.25, -0.2) is 4.98 Å². The Morgan fingerprint density at radius 1 is 1.11 bits per heavy atom. The molecule has 2 nitrogen and oxygen atoms in total. The van der Waals surface area contributed by atoms with Crippen molar-refractivity contribution in [2.24, 2.45) is 0 Å². The zero-order valence-corrected chi connectivity index (χ0v) is 11.5. The van der Waals surface area contributed by atoms with Crippen LogP contribution in [-0.2, 0) is 0 Å². The van der Waals surface area contributed by atoms with E-state index in [0.29, 0.717) is 15.7 Å². The minimum absolute atomic E-state index is 0.534. The molecular weight excluding hydrogens is 287 g/mol. The normalized spacial score (nSPS) is 11.0. The van der Waals surface area contributed by atoms with E-state index in [1.54, 1.807) is 17.4 Å². The lowest BCUT2D eigenvalue weighted by atomic mass is 10.2. The SMILES string of the molecule is Nc1ccc2sc(-c3cccc(Cl)c3Cl)nc2c1. The predicted octanol–water partition coefficient (Wildman–Crippen LogP) is 4.85. The van der Waals surface area contributed by atoms with Gasteiger partial charge in [0, 0.05) is 11.3 Å². The first-order valence-electron chi connectivity index (χ1n) is 5.25. The van der Waals surface area contributed by atoms with E-state index < -0.39 is 0 Å². The number of hydrogen-bond donors (Lipinski definition) is 1. The van der Waals surface area contributed by atoms with Crippen molar-refractivity contribution in [3.63, 3.8) is 0 Å². The summed E-state index contributed by atoms with van der Waals surface area (Å²) < 4.78 is 1.08. The first-order chi connectivity index (χ1) is 8.65.